The zero-order valence-electron chi connectivity index (χ0n) is 85.9. The molecule has 6 heterocycles. The summed E-state index contributed by atoms with van der Waals surface area (Å²) in [6.07, 6.45) is 14.1. The molecule has 0 aromatic heterocycles. The third-order valence-electron chi connectivity index (χ3n) is 31.6. The molecule has 4 bridgehead atoms. The van der Waals surface area contributed by atoms with E-state index in [2.05, 4.69) is 55.2 Å². The van der Waals surface area contributed by atoms with Gasteiger partial charge in [-0.15, -0.1) is 0 Å². The largest absolute Gasteiger partial charge is 0.379 e. The van der Waals surface area contributed by atoms with Gasteiger partial charge in [-0.05, 0) is 173 Å². The minimum absolute atomic E-state index is 0.00647. The molecule has 4 aromatic rings. The number of likely N-dealkylation sites (N-methyl/N-ethyl adjacent to an activating group) is 4. The van der Waals surface area contributed by atoms with Crippen LogP contribution in [0.1, 0.15) is 214 Å². The van der Waals surface area contributed by atoms with Gasteiger partial charge < -0.3 is 54.9 Å². The van der Waals surface area contributed by atoms with E-state index < -0.39 is 95.8 Å². The number of rotatable bonds is 47. The standard InChI is InChI=1S/C54H75N5O9.C50H75N5O7.C6H5NO3/c1-10-34(4)50(57(7)54(66)42(33(2)3)30-45(61)51-38-20-23-41(28-38)56(51)6)46(67-8)31-49(64)58-26-14-17-43(58)52(68-9)35(5)44(60)29-39(27-36-15-12-11-13-16-36)53(65)55-40-21-18-37(19-22-40)32-59-47(62)24-25-48(59)63;1-10-32(4)46(54(7)50(60)40(31(2)3)28-43(57)47-36-20-23-39(26-36)53(47)6)44(61-8)29-45(58)55-24-14-17-41(55)48(62-9)33(5)42(56)27-37(25-34-15-12-11-13-16-34)49(59)52-38-21-18-35(30-51)19-22-38;1-4(8)7-5(9)2-3-6(7)10/h11-13,15-16,18-19,21-22,24-25,33-35,38-39,41-43,46,50-52H,10,14,17,20,23,26-32H2,1-9H3,(H,55,65);11-13,15-16,18-19,21-22,31-33,36-37,39-41,44,46-48H,10,14,17,20,23-30,51H2,1-9H3,(H,52,59);2-3H,1H3/t34-,35-,38-,39+,41+,42-,43-,46+,50-,51-,52+;32-,33-,36-,37+,39+,40-,41-,44+,46-,47-,48+;/m00./s1. The molecule has 30 nitrogen and oxygen atoms in total. The van der Waals surface area contributed by atoms with E-state index in [9.17, 15) is 71.9 Å². The maximum absolute atomic E-state index is 14.5. The van der Waals surface area contributed by atoms with Gasteiger partial charge in [0.2, 0.25) is 41.4 Å². The van der Waals surface area contributed by atoms with Gasteiger partial charge in [0.1, 0.15) is 11.6 Å². The molecule has 0 spiro atoms. The first kappa shape index (κ1) is 112. The summed E-state index contributed by atoms with van der Waals surface area (Å²) in [5.41, 5.74) is 10.4. The average Bonchev–Trinajstić information content (AvgIpc) is 1.62. The van der Waals surface area contributed by atoms with E-state index in [0.29, 0.717) is 85.5 Å². The molecular formula is C110H155N11O19. The van der Waals surface area contributed by atoms with Gasteiger partial charge in [0.15, 0.2) is 11.6 Å². The van der Waals surface area contributed by atoms with E-state index in [0.717, 1.165) is 104 Å². The third-order valence-corrected chi connectivity index (χ3v) is 31.6. The molecule has 140 heavy (non-hydrogen) atoms. The number of nitrogens with zero attached hydrogens (tertiary/aromatic N) is 8. The van der Waals surface area contributed by atoms with Crippen LogP contribution in [0.3, 0.4) is 0 Å². The highest BCUT2D eigenvalue weighted by Gasteiger charge is 2.52. The second-order valence-electron chi connectivity index (χ2n) is 41.0. The molecule has 764 valence electrons. The minimum Gasteiger partial charge on any atom is -0.379 e. The van der Waals surface area contributed by atoms with Crippen molar-refractivity contribution in [1.29, 1.82) is 0 Å². The molecule has 4 N–H and O–H groups in total. The monoisotopic (exact) mass is 1930 g/mol. The summed E-state index contributed by atoms with van der Waals surface area (Å²) in [5.74, 6) is -6.38. The quantitative estimate of drug-likeness (QED) is 0.0346. The third kappa shape index (κ3) is 27.7. The lowest BCUT2D eigenvalue weighted by Crippen LogP contribution is -2.54. The Bertz CT molecular complexity index is 4970. The maximum atomic E-state index is 14.5. The number of methoxy groups -OCH3 is 4. The molecule has 30 heteroatoms. The van der Waals surface area contributed by atoms with Crippen molar-refractivity contribution in [3.8, 4) is 0 Å². The molecule has 8 aliphatic rings. The number of benzene rings is 4. The molecule has 12 rings (SSSR count). The number of likely N-dealkylation sites (tertiary alicyclic amines) is 4. The number of hydrogen-bond acceptors (Lipinski definition) is 22. The van der Waals surface area contributed by atoms with Crippen LogP contribution in [0.5, 0.6) is 0 Å². The normalized spacial score (nSPS) is 22.9. The summed E-state index contributed by atoms with van der Waals surface area (Å²) >= 11 is 0. The fraction of sp³-hybridized carbons (Fsp3) is 0.609. The molecule has 4 aromatic carbocycles. The first-order chi connectivity index (χ1) is 66.7. The molecule has 0 unspecified atom stereocenters. The van der Waals surface area contributed by atoms with Crippen LogP contribution >= 0.6 is 0 Å². The van der Waals surface area contributed by atoms with Crippen LogP contribution in [-0.4, -0.2) is 270 Å². The highest BCUT2D eigenvalue weighted by atomic mass is 16.5. The Hall–Kier alpha value is -10.5. The van der Waals surface area contributed by atoms with Gasteiger partial charge in [-0.3, -0.25) is 86.6 Å². The van der Waals surface area contributed by atoms with Crippen molar-refractivity contribution in [3.63, 3.8) is 0 Å². The number of anilines is 2. The van der Waals surface area contributed by atoms with Crippen molar-refractivity contribution in [2.45, 2.75) is 290 Å². The Morgan fingerprint density at radius 1 is 0.450 bits per heavy atom. The summed E-state index contributed by atoms with van der Waals surface area (Å²) in [7, 11) is 14.0. The second-order valence-corrected chi connectivity index (χ2v) is 41.0. The van der Waals surface area contributed by atoms with Crippen LogP contribution in [0.25, 0.3) is 0 Å². The van der Waals surface area contributed by atoms with Crippen LogP contribution in [0, 0.1) is 71.0 Å². The zero-order chi connectivity index (χ0) is 102. The Balaban J connectivity index is 0.000000262. The Morgan fingerprint density at radius 3 is 1.13 bits per heavy atom. The number of fused-ring (bicyclic) bond motifs is 4. The van der Waals surface area contributed by atoms with E-state index in [4.69, 9.17) is 24.7 Å². The fourth-order valence-corrected chi connectivity index (χ4v) is 23.0. The fourth-order valence-electron chi connectivity index (χ4n) is 23.0. The van der Waals surface area contributed by atoms with Gasteiger partial charge >= 0.3 is 0 Å². The van der Waals surface area contributed by atoms with Crippen molar-refractivity contribution in [1.82, 2.24) is 39.2 Å². The van der Waals surface area contributed by atoms with Gasteiger partial charge in [0.25, 0.3) is 23.6 Å². The van der Waals surface area contributed by atoms with E-state index in [1.165, 1.54) is 19.1 Å². The van der Waals surface area contributed by atoms with Crippen molar-refractivity contribution >= 4 is 99.5 Å². The topological polar surface area (TPSA) is 369 Å². The number of nitrogens with two attached hydrogens (primary N) is 1. The minimum atomic E-state index is -0.719. The second kappa shape index (κ2) is 52.0. The van der Waals surface area contributed by atoms with Gasteiger partial charge in [0, 0.05) is 178 Å². The predicted molar refractivity (Wildman–Crippen MR) is 534 cm³/mol. The lowest BCUT2D eigenvalue weighted by Gasteiger charge is -2.41. The summed E-state index contributed by atoms with van der Waals surface area (Å²) in [6, 6.07) is 32.6. The summed E-state index contributed by atoms with van der Waals surface area (Å²) in [6.45, 7) is 22.6. The summed E-state index contributed by atoms with van der Waals surface area (Å²) in [5, 5.41) is 5.98. The van der Waals surface area contributed by atoms with E-state index in [-0.39, 0.29) is 157 Å². The predicted octanol–water partition coefficient (Wildman–Crippen LogP) is 12.5. The van der Waals surface area contributed by atoms with Crippen molar-refractivity contribution in [2.75, 3.05) is 80.4 Å². The molecular weight excluding hydrogens is 1780 g/mol. The van der Waals surface area contributed by atoms with Gasteiger partial charge in [-0.25, -0.2) is 4.90 Å². The number of amides is 11. The number of ketones is 4. The van der Waals surface area contributed by atoms with Gasteiger partial charge in [-0.2, -0.15) is 0 Å². The molecule has 22 atom stereocenters. The summed E-state index contributed by atoms with van der Waals surface area (Å²) in [4.78, 5) is 211. The number of Topliss-reactive ketones (excluding diaryl/α,β-unsaturated/α-hetero) is 4. The molecule has 2 aliphatic carbocycles. The van der Waals surface area contributed by atoms with Crippen LogP contribution in [0.15, 0.2) is 133 Å². The first-order valence-electron chi connectivity index (χ1n) is 50.7. The van der Waals surface area contributed by atoms with Crippen LogP contribution < -0.4 is 16.4 Å². The van der Waals surface area contributed by atoms with Gasteiger partial charge in [-0.1, -0.05) is 167 Å². The van der Waals surface area contributed by atoms with Crippen LogP contribution in [0.4, 0.5) is 11.4 Å². The number of nitrogens with one attached hydrogen (secondary N) is 2. The number of carbonyl (C=O) groups is 15. The lowest BCUT2D eigenvalue weighted by atomic mass is 9.83. The van der Waals surface area contributed by atoms with E-state index in [1.807, 2.05) is 143 Å². The Labute approximate surface area is 828 Å². The first-order valence-corrected chi connectivity index (χ1v) is 50.7. The number of ether oxygens (including phenoxy) is 4. The zero-order valence-corrected chi connectivity index (χ0v) is 85.9. The van der Waals surface area contributed by atoms with Crippen molar-refractivity contribution in [3.05, 3.63) is 156 Å². The highest BCUT2D eigenvalue weighted by Crippen LogP contribution is 2.45. The number of carbonyl (C=O) groups excluding carboxylic acids is 15. The SMILES string of the molecule is CC(=O)N1C(=O)C=CC1=O.CC[C@H](C)[C@@H]([C@@H](CC(=O)N1CCC[C@H]1[C@H](OC)[C@@H](C)C(=O)C[C@@H](Cc1ccccc1)C(=O)Nc1ccc(CN)cc1)OC)N(C)C(=O)[C@@H](CC(=O)[C@@H]1[C@H]2CC[C@H](C2)N1C)C(C)C.CC[C@H](C)[C@@H]([C@@H](CC(=O)N1CCC[C@H]1[C@H](OC)[C@@H](C)C(=O)C[C@@H](Cc1ccccc1)C(=O)Nc1ccc(CN2C(=O)C=CC2=O)cc1)OC)N(C)C(=O)[C@@H](CC(=O)[C@@H]1[C@H]2CC[C@H](C2)N1C)C(C)C. The Morgan fingerprint density at radius 2 is 0.814 bits per heavy atom. The molecule has 6 fully saturated rings. The number of piperidine rings is 2. The van der Waals surface area contributed by atoms with Crippen molar-refractivity contribution < 1.29 is 90.9 Å². The van der Waals surface area contributed by atoms with Crippen molar-refractivity contribution in [2.24, 2.45) is 76.7 Å². The summed E-state index contributed by atoms with van der Waals surface area (Å²) < 4.78 is 24.4. The Kier molecular flexibility index (Phi) is 41.4. The lowest BCUT2D eigenvalue weighted by molar-refractivity contribution is -0.149. The van der Waals surface area contributed by atoms with Gasteiger partial charge in [0.05, 0.1) is 80.1 Å². The number of imide groups is 4. The van der Waals surface area contributed by atoms with E-state index >= 15 is 0 Å². The highest BCUT2D eigenvalue weighted by molar-refractivity contribution is 6.22. The van der Waals surface area contributed by atoms with Crippen LogP contribution in [-0.2, 0) is 117 Å². The molecule has 11 amide bonds. The molecule has 6 aliphatic heterocycles. The van der Waals surface area contributed by atoms with Crippen LogP contribution in [0.2, 0.25) is 0 Å². The van der Waals surface area contributed by atoms with E-state index in [1.54, 1.807) is 76.6 Å². The molecule has 4 saturated heterocycles. The molecule has 2 saturated carbocycles. The smallest absolute Gasteiger partial charge is 0.260 e. The maximum Gasteiger partial charge on any atom is 0.260 e. The average molecular weight is 1940 g/mol. The number of hydrogen-bond donors (Lipinski definition) is 3. The molecule has 0 radical (unpaired) electrons.